The van der Waals surface area contributed by atoms with Crippen LogP contribution in [0.3, 0.4) is 0 Å². The molecule has 0 aromatic heterocycles. The van der Waals surface area contributed by atoms with Gasteiger partial charge < -0.3 is 9.47 Å². The van der Waals surface area contributed by atoms with E-state index in [9.17, 15) is 0 Å². The molecule has 15 heavy (non-hydrogen) atoms. The molecular formula is C11H16BrNO2. The van der Waals surface area contributed by atoms with Gasteiger partial charge in [-0.1, -0.05) is 12.1 Å². The third-order valence-corrected chi connectivity index (χ3v) is 2.56. The molecule has 0 radical (unpaired) electrons. The van der Waals surface area contributed by atoms with E-state index in [0.29, 0.717) is 0 Å². The highest BCUT2D eigenvalue weighted by Crippen LogP contribution is 2.14. The minimum absolute atomic E-state index is 0.163. The van der Waals surface area contributed by atoms with Crippen molar-refractivity contribution in [2.45, 2.75) is 12.5 Å². The molecule has 0 saturated heterocycles. The molecule has 1 aromatic rings. The van der Waals surface area contributed by atoms with Gasteiger partial charge in [0.05, 0.1) is 13.2 Å². The molecule has 0 bridgehead atoms. The number of rotatable bonds is 6. The van der Waals surface area contributed by atoms with Gasteiger partial charge >= 0.3 is 0 Å². The van der Waals surface area contributed by atoms with Gasteiger partial charge in [0.15, 0.2) is 0 Å². The first kappa shape index (κ1) is 12.5. The standard InChI is InChI=1S/C11H16BrNO2/c1-14-10-5-3-4-9(6-10)7-11(15-2)8-13-12/h3-6,11,13H,7-8H2,1-2H3. The first-order valence-corrected chi connectivity index (χ1v) is 5.58. The van der Waals surface area contributed by atoms with E-state index < -0.39 is 0 Å². The fraction of sp³-hybridized carbons (Fsp3) is 0.455. The second kappa shape index (κ2) is 6.82. The van der Waals surface area contributed by atoms with E-state index in [1.165, 1.54) is 5.56 Å². The normalized spacial score (nSPS) is 12.5. The number of halogens is 1. The minimum atomic E-state index is 0.163. The number of nitrogens with one attached hydrogen (secondary N) is 1. The molecule has 1 rings (SSSR count). The SMILES string of the molecule is COc1cccc(CC(CNBr)OC)c1. The number of methoxy groups -OCH3 is 2. The van der Waals surface area contributed by atoms with Crippen LogP contribution in [-0.4, -0.2) is 26.9 Å². The number of hydrogen-bond acceptors (Lipinski definition) is 3. The van der Waals surface area contributed by atoms with Crippen LogP contribution in [0.1, 0.15) is 5.56 Å². The predicted octanol–water partition coefficient (Wildman–Crippen LogP) is 2.15. The zero-order chi connectivity index (χ0) is 11.1. The number of ether oxygens (including phenoxy) is 2. The molecule has 4 heteroatoms. The highest BCUT2D eigenvalue weighted by molar-refractivity contribution is 9.08. The summed E-state index contributed by atoms with van der Waals surface area (Å²) in [7, 11) is 3.39. The van der Waals surface area contributed by atoms with E-state index in [1.807, 2.05) is 18.2 Å². The first-order chi connectivity index (χ1) is 7.30. The molecular weight excluding hydrogens is 258 g/mol. The summed E-state index contributed by atoms with van der Waals surface area (Å²) in [6.07, 6.45) is 1.03. The quantitative estimate of drug-likeness (QED) is 0.806. The van der Waals surface area contributed by atoms with Crippen molar-refractivity contribution in [3.63, 3.8) is 0 Å². The summed E-state index contributed by atoms with van der Waals surface area (Å²) < 4.78 is 13.4. The maximum atomic E-state index is 5.33. The van der Waals surface area contributed by atoms with Crippen LogP contribution in [0.5, 0.6) is 5.75 Å². The van der Waals surface area contributed by atoms with Crippen molar-refractivity contribution in [1.29, 1.82) is 0 Å². The Morgan fingerprint density at radius 2 is 2.20 bits per heavy atom. The van der Waals surface area contributed by atoms with Gasteiger partial charge in [-0.2, -0.15) is 0 Å². The van der Waals surface area contributed by atoms with Crippen molar-refractivity contribution in [2.24, 2.45) is 0 Å². The molecule has 0 fully saturated rings. The van der Waals surface area contributed by atoms with Crippen LogP contribution in [0.25, 0.3) is 0 Å². The van der Waals surface area contributed by atoms with Crippen molar-refractivity contribution in [2.75, 3.05) is 20.8 Å². The zero-order valence-corrected chi connectivity index (χ0v) is 10.6. The Kier molecular flexibility index (Phi) is 5.68. The van der Waals surface area contributed by atoms with Gasteiger partial charge in [-0.3, -0.25) is 4.34 Å². The molecule has 0 heterocycles. The Labute approximate surface area is 99.1 Å². The largest absolute Gasteiger partial charge is 0.497 e. The molecule has 0 aliphatic heterocycles. The highest BCUT2D eigenvalue weighted by Gasteiger charge is 2.07. The van der Waals surface area contributed by atoms with E-state index in [-0.39, 0.29) is 6.10 Å². The molecule has 1 aromatic carbocycles. The van der Waals surface area contributed by atoms with E-state index in [2.05, 4.69) is 26.6 Å². The molecule has 0 aliphatic carbocycles. The van der Waals surface area contributed by atoms with Crippen molar-refractivity contribution in [3.8, 4) is 5.75 Å². The second-order valence-electron chi connectivity index (χ2n) is 3.25. The van der Waals surface area contributed by atoms with Gasteiger partial charge in [-0.05, 0) is 17.7 Å². The first-order valence-electron chi connectivity index (χ1n) is 4.79. The van der Waals surface area contributed by atoms with Gasteiger partial charge in [0.1, 0.15) is 5.75 Å². The lowest BCUT2D eigenvalue weighted by Gasteiger charge is -2.14. The van der Waals surface area contributed by atoms with Crippen LogP contribution in [0, 0.1) is 0 Å². The molecule has 0 spiro atoms. The summed E-state index contributed by atoms with van der Waals surface area (Å²) in [5, 5.41) is 0. The van der Waals surface area contributed by atoms with Crippen LogP contribution in [0.15, 0.2) is 24.3 Å². The average molecular weight is 274 g/mol. The Morgan fingerprint density at radius 1 is 1.40 bits per heavy atom. The maximum Gasteiger partial charge on any atom is 0.119 e. The summed E-state index contributed by atoms with van der Waals surface area (Å²) in [6.45, 7) is 0.772. The minimum Gasteiger partial charge on any atom is -0.497 e. The van der Waals surface area contributed by atoms with Gasteiger partial charge in [0.25, 0.3) is 0 Å². The molecule has 1 atom stereocenters. The van der Waals surface area contributed by atoms with Crippen molar-refractivity contribution < 1.29 is 9.47 Å². The second-order valence-corrected chi connectivity index (χ2v) is 3.81. The maximum absolute atomic E-state index is 5.33. The molecule has 1 N–H and O–H groups in total. The van der Waals surface area contributed by atoms with Gasteiger partial charge in [-0.15, -0.1) is 0 Å². The average Bonchev–Trinajstić information content (AvgIpc) is 2.29. The predicted molar refractivity (Wildman–Crippen MR) is 64.4 cm³/mol. The van der Waals surface area contributed by atoms with E-state index in [1.54, 1.807) is 14.2 Å². The Morgan fingerprint density at radius 3 is 2.80 bits per heavy atom. The topological polar surface area (TPSA) is 30.5 Å². The zero-order valence-electron chi connectivity index (χ0n) is 9.00. The highest BCUT2D eigenvalue weighted by atomic mass is 79.9. The van der Waals surface area contributed by atoms with Crippen LogP contribution in [0.2, 0.25) is 0 Å². The molecule has 1 unspecified atom stereocenters. The summed E-state index contributed by atoms with van der Waals surface area (Å²) in [6, 6.07) is 8.03. The van der Waals surface area contributed by atoms with Gasteiger partial charge in [-0.25, -0.2) is 0 Å². The third kappa shape index (κ3) is 4.20. The molecule has 3 nitrogen and oxygen atoms in total. The van der Waals surface area contributed by atoms with Gasteiger partial charge in [0.2, 0.25) is 0 Å². The van der Waals surface area contributed by atoms with Crippen molar-refractivity contribution >= 4 is 16.1 Å². The molecule has 0 amide bonds. The fourth-order valence-corrected chi connectivity index (χ4v) is 1.75. The van der Waals surface area contributed by atoms with E-state index >= 15 is 0 Å². The smallest absolute Gasteiger partial charge is 0.119 e. The Balaban J connectivity index is 2.61. The summed E-state index contributed by atoms with van der Waals surface area (Å²) in [4.78, 5) is 0. The fourth-order valence-electron chi connectivity index (χ4n) is 1.39. The number of benzene rings is 1. The molecule has 84 valence electrons. The number of hydrogen-bond donors (Lipinski definition) is 1. The molecule has 0 saturated carbocycles. The molecule has 0 aliphatic rings. The Hall–Kier alpha value is -0.580. The summed E-state index contributed by atoms with van der Waals surface area (Å²) in [5.74, 6) is 0.883. The Bertz CT molecular complexity index is 294. The lowest BCUT2D eigenvalue weighted by atomic mass is 10.1. The van der Waals surface area contributed by atoms with Crippen molar-refractivity contribution in [3.05, 3.63) is 29.8 Å². The van der Waals surface area contributed by atoms with Crippen LogP contribution < -0.4 is 9.08 Å². The monoisotopic (exact) mass is 273 g/mol. The lowest BCUT2D eigenvalue weighted by Crippen LogP contribution is -2.24. The lowest BCUT2D eigenvalue weighted by molar-refractivity contribution is 0.108. The van der Waals surface area contributed by atoms with E-state index in [0.717, 1.165) is 18.7 Å². The third-order valence-electron chi connectivity index (χ3n) is 2.24. The summed E-state index contributed by atoms with van der Waals surface area (Å²) >= 11 is 3.18. The van der Waals surface area contributed by atoms with Crippen LogP contribution >= 0.6 is 16.1 Å². The van der Waals surface area contributed by atoms with Gasteiger partial charge in [0, 0.05) is 36.2 Å². The van der Waals surface area contributed by atoms with Crippen LogP contribution in [-0.2, 0) is 11.2 Å². The summed E-state index contributed by atoms with van der Waals surface area (Å²) in [5.41, 5.74) is 1.21. The van der Waals surface area contributed by atoms with Crippen molar-refractivity contribution in [1.82, 2.24) is 4.34 Å². The van der Waals surface area contributed by atoms with E-state index in [4.69, 9.17) is 9.47 Å². The van der Waals surface area contributed by atoms with Crippen LogP contribution in [0.4, 0.5) is 0 Å².